The van der Waals surface area contributed by atoms with Gasteiger partial charge in [-0.3, -0.25) is 9.36 Å². The van der Waals surface area contributed by atoms with Gasteiger partial charge in [0.25, 0.3) is 5.91 Å². The van der Waals surface area contributed by atoms with Crippen molar-refractivity contribution >= 4 is 24.5 Å². The maximum atomic E-state index is 11.9. The molecular weight excluding hydrogens is 297 g/mol. The summed E-state index contributed by atoms with van der Waals surface area (Å²) in [6, 6.07) is 8.27. The van der Waals surface area contributed by atoms with Gasteiger partial charge in [0.1, 0.15) is 11.1 Å². The van der Waals surface area contributed by atoms with Crippen LogP contribution in [0.3, 0.4) is 0 Å². The van der Waals surface area contributed by atoms with Crippen molar-refractivity contribution in [2.75, 3.05) is 19.8 Å². The summed E-state index contributed by atoms with van der Waals surface area (Å²) >= 11 is 0. The molecule has 112 valence electrons. The van der Waals surface area contributed by atoms with Gasteiger partial charge < -0.3 is 19.2 Å². The first-order chi connectivity index (χ1) is 9.87. The van der Waals surface area contributed by atoms with Crippen LogP contribution >= 0.6 is 7.60 Å². The number of carbonyl (C=O) groups is 1. The Bertz CT molecular complexity index is 763. The SMILES string of the molecule is CP(=O)(O)OCCNC(=O)c1cc2ccccc2oc1=O. The number of benzene rings is 1. The lowest BCUT2D eigenvalue weighted by atomic mass is 10.2. The van der Waals surface area contributed by atoms with E-state index in [-0.39, 0.29) is 18.7 Å². The van der Waals surface area contributed by atoms with E-state index in [2.05, 4.69) is 9.84 Å². The van der Waals surface area contributed by atoms with Gasteiger partial charge in [0.15, 0.2) is 0 Å². The fourth-order valence-corrected chi connectivity index (χ4v) is 2.13. The van der Waals surface area contributed by atoms with Crippen LogP contribution in [0.4, 0.5) is 0 Å². The quantitative estimate of drug-likeness (QED) is 0.490. The Morgan fingerprint density at radius 3 is 2.86 bits per heavy atom. The van der Waals surface area contributed by atoms with E-state index in [9.17, 15) is 14.2 Å². The molecule has 0 saturated heterocycles. The Balaban J connectivity index is 2.07. The third-order valence-corrected chi connectivity index (χ3v) is 3.27. The molecule has 0 radical (unpaired) electrons. The topological polar surface area (TPSA) is 106 Å². The fraction of sp³-hybridized carbons (Fsp3) is 0.231. The molecular formula is C13H14NO6P. The molecule has 2 N–H and O–H groups in total. The summed E-state index contributed by atoms with van der Waals surface area (Å²) in [7, 11) is -3.57. The number of rotatable bonds is 5. The molecule has 0 saturated carbocycles. The third kappa shape index (κ3) is 4.26. The van der Waals surface area contributed by atoms with E-state index < -0.39 is 19.1 Å². The van der Waals surface area contributed by atoms with E-state index in [0.29, 0.717) is 11.0 Å². The maximum Gasteiger partial charge on any atom is 0.349 e. The smallest absolute Gasteiger partial charge is 0.349 e. The van der Waals surface area contributed by atoms with E-state index in [0.717, 1.165) is 6.66 Å². The predicted octanol–water partition coefficient (Wildman–Crippen LogP) is 1.35. The molecule has 0 bridgehead atoms. The number of carbonyl (C=O) groups excluding carboxylic acids is 1. The molecule has 1 unspecified atom stereocenters. The Morgan fingerprint density at radius 1 is 1.43 bits per heavy atom. The minimum Gasteiger partial charge on any atom is -0.422 e. The average Bonchev–Trinajstić information content (AvgIpc) is 2.41. The molecule has 21 heavy (non-hydrogen) atoms. The van der Waals surface area contributed by atoms with Gasteiger partial charge >= 0.3 is 13.2 Å². The zero-order valence-corrected chi connectivity index (χ0v) is 12.1. The standard InChI is InChI=1S/C13H14NO6P/c1-21(17,18)19-7-6-14-12(15)10-8-9-4-2-3-5-11(9)20-13(10)16/h2-5,8H,6-7H2,1H3,(H,14,15)(H,17,18). The molecule has 0 fully saturated rings. The minimum atomic E-state index is -3.57. The highest BCUT2D eigenvalue weighted by Gasteiger charge is 2.14. The van der Waals surface area contributed by atoms with E-state index in [1.165, 1.54) is 6.07 Å². The summed E-state index contributed by atoms with van der Waals surface area (Å²) in [6.45, 7) is 0.922. The van der Waals surface area contributed by atoms with Crippen molar-refractivity contribution < 1.29 is 23.2 Å². The van der Waals surface area contributed by atoms with Crippen LogP contribution in [0.1, 0.15) is 10.4 Å². The highest BCUT2D eigenvalue weighted by atomic mass is 31.2. The van der Waals surface area contributed by atoms with Crippen molar-refractivity contribution in [1.82, 2.24) is 5.32 Å². The summed E-state index contributed by atoms with van der Waals surface area (Å²) < 4.78 is 20.5. The van der Waals surface area contributed by atoms with Gasteiger partial charge in [0.2, 0.25) is 0 Å². The van der Waals surface area contributed by atoms with Crippen LogP contribution in [0.25, 0.3) is 11.0 Å². The van der Waals surface area contributed by atoms with Crippen LogP contribution in [0, 0.1) is 0 Å². The fourth-order valence-electron chi connectivity index (χ4n) is 1.70. The highest BCUT2D eigenvalue weighted by Crippen LogP contribution is 2.35. The molecule has 0 aliphatic heterocycles. The van der Waals surface area contributed by atoms with Gasteiger partial charge in [0, 0.05) is 18.6 Å². The monoisotopic (exact) mass is 311 g/mol. The number of para-hydroxylation sites is 1. The molecule has 1 aromatic carbocycles. The number of hydrogen-bond donors (Lipinski definition) is 2. The third-order valence-electron chi connectivity index (χ3n) is 2.60. The summed E-state index contributed by atoms with van der Waals surface area (Å²) in [5.41, 5.74) is -0.470. The lowest BCUT2D eigenvalue weighted by molar-refractivity contribution is 0.0942. The molecule has 0 spiro atoms. The first-order valence-electron chi connectivity index (χ1n) is 6.13. The number of nitrogens with one attached hydrogen (secondary N) is 1. The summed E-state index contributed by atoms with van der Waals surface area (Å²) in [5.74, 6) is -0.623. The van der Waals surface area contributed by atoms with Gasteiger partial charge in [-0.05, 0) is 12.1 Å². The lowest BCUT2D eigenvalue weighted by Gasteiger charge is -2.08. The van der Waals surface area contributed by atoms with E-state index in [1.54, 1.807) is 24.3 Å². The Labute approximate surface area is 120 Å². The second-order valence-electron chi connectivity index (χ2n) is 4.38. The van der Waals surface area contributed by atoms with E-state index in [4.69, 9.17) is 9.31 Å². The van der Waals surface area contributed by atoms with Crippen molar-refractivity contribution in [2.45, 2.75) is 0 Å². The van der Waals surface area contributed by atoms with Crippen LogP contribution in [0.2, 0.25) is 0 Å². The average molecular weight is 311 g/mol. The summed E-state index contributed by atoms with van der Waals surface area (Å²) in [4.78, 5) is 32.5. The predicted molar refractivity (Wildman–Crippen MR) is 76.5 cm³/mol. The molecule has 2 aromatic rings. The van der Waals surface area contributed by atoms with Crippen LogP contribution in [0.15, 0.2) is 39.5 Å². The molecule has 2 rings (SSSR count). The molecule has 7 nitrogen and oxygen atoms in total. The number of amides is 1. The van der Waals surface area contributed by atoms with Gasteiger partial charge in [-0.1, -0.05) is 18.2 Å². The Morgan fingerprint density at radius 2 is 2.14 bits per heavy atom. The normalized spacial score (nSPS) is 13.8. The molecule has 1 amide bonds. The zero-order chi connectivity index (χ0) is 15.5. The van der Waals surface area contributed by atoms with Gasteiger partial charge in [-0.25, -0.2) is 4.79 Å². The molecule has 0 aliphatic rings. The van der Waals surface area contributed by atoms with Crippen LogP contribution in [-0.2, 0) is 9.09 Å². The van der Waals surface area contributed by atoms with Crippen molar-refractivity contribution in [3.8, 4) is 0 Å². The van der Waals surface area contributed by atoms with Crippen molar-refractivity contribution in [3.63, 3.8) is 0 Å². The minimum absolute atomic E-state index is 0.00346. The van der Waals surface area contributed by atoms with Crippen molar-refractivity contribution in [3.05, 3.63) is 46.3 Å². The second-order valence-corrected chi connectivity index (χ2v) is 6.24. The zero-order valence-electron chi connectivity index (χ0n) is 11.2. The number of hydrogen-bond acceptors (Lipinski definition) is 5. The van der Waals surface area contributed by atoms with Crippen LogP contribution in [0.5, 0.6) is 0 Å². The van der Waals surface area contributed by atoms with Crippen LogP contribution in [-0.4, -0.2) is 30.6 Å². The van der Waals surface area contributed by atoms with E-state index in [1.807, 2.05) is 0 Å². The lowest BCUT2D eigenvalue weighted by Crippen LogP contribution is -2.30. The first kappa shape index (κ1) is 15.4. The van der Waals surface area contributed by atoms with E-state index >= 15 is 0 Å². The van der Waals surface area contributed by atoms with Crippen molar-refractivity contribution in [2.24, 2.45) is 0 Å². The second kappa shape index (κ2) is 6.22. The highest BCUT2D eigenvalue weighted by molar-refractivity contribution is 7.51. The summed E-state index contributed by atoms with van der Waals surface area (Å²) in [6.07, 6.45) is 0. The van der Waals surface area contributed by atoms with Crippen LogP contribution < -0.4 is 10.9 Å². The molecule has 8 heteroatoms. The van der Waals surface area contributed by atoms with Gasteiger partial charge in [-0.2, -0.15) is 0 Å². The Kier molecular flexibility index (Phi) is 4.57. The van der Waals surface area contributed by atoms with Crippen molar-refractivity contribution in [1.29, 1.82) is 0 Å². The first-order valence-corrected chi connectivity index (χ1v) is 8.15. The maximum absolute atomic E-state index is 11.9. The largest absolute Gasteiger partial charge is 0.422 e. The van der Waals surface area contributed by atoms with Gasteiger partial charge in [0.05, 0.1) is 6.61 Å². The Hall–Kier alpha value is -1.95. The molecule has 1 heterocycles. The number of fused-ring (bicyclic) bond motifs is 1. The summed E-state index contributed by atoms with van der Waals surface area (Å²) in [5, 5.41) is 3.05. The van der Waals surface area contributed by atoms with Gasteiger partial charge in [-0.15, -0.1) is 0 Å². The molecule has 1 atom stereocenters. The molecule has 0 aliphatic carbocycles. The molecule has 1 aromatic heterocycles.